The van der Waals surface area contributed by atoms with Gasteiger partial charge in [0.2, 0.25) is 0 Å². The second kappa shape index (κ2) is 6.64. The molecule has 1 rings (SSSR count). The predicted molar refractivity (Wildman–Crippen MR) is 74.0 cm³/mol. The number of aromatic nitrogens is 1. The summed E-state index contributed by atoms with van der Waals surface area (Å²) in [6.45, 7) is 3.65. The number of hydrogen-bond acceptors (Lipinski definition) is 5. The third kappa shape index (κ3) is 5.12. The first-order valence-electron chi connectivity index (χ1n) is 6.13. The quantitative estimate of drug-likeness (QED) is 0.673. The molecule has 0 saturated carbocycles. The Bertz CT molecular complexity index is 642. The van der Waals surface area contributed by atoms with E-state index in [9.17, 15) is 18.0 Å². The average Bonchev–Trinajstić information content (AvgIpc) is 2.36. The third-order valence-electron chi connectivity index (χ3n) is 2.60. The molecule has 0 aliphatic heterocycles. The third-order valence-corrected chi connectivity index (χ3v) is 3.41. The Hall–Kier alpha value is -2.00. The molecule has 0 spiro atoms. The molecule has 1 unspecified atom stereocenters. The SMILES string of the molecule is CC(C)CC(NC(=O)c1ccnc(S(N)(=O)=O)c1)C(=O)O. The van der Waals surface area contributed by atoms with E-state index in [1.807, 2.05) is 13.8 Å². The van der Waals surface area contributed by atoms with Crippen molar-refractivity contribution in [3.05, 3.63) is 23.9 Å². The van der Waals surface area contributed by atoms with Crippen molar-refractivity contribution < 1.29 is 23.1 Å². The molecule has 8 nitrogen and oxygen atoms in total. The number of aliphatic carboxylic acids is 1. The number of nitrogens with two attached hydrogens (primary N) is 1. The van der Waals surface area contributed by atoms with Crippen molar-refractivity contribution in [1.82, 2.24) is 10.3 Å². The Balaban J connectivity index is 2.96. The van der Waals surface area contributed by atoms with Crippen LogP contribution in [0.15, 0.2) is 23.4 Å². The number of hydrogen-bond donors (Lipinski definition) is 3. The first-order chi connectivity index (χ1) is 9.61. The van der Waals surface area contributed by atoms with Crippen molar-refractivity contribution in [3.8, 4) is 0 Å². The molecule has 0 aliphatic carbocycles. The molecule has 0 saturated heterocycles. The van der Waals surface area contributed by atoms with Crippen LogP contribution in [0.2, 0.25) is 0 Å². The Morgan fingerprint density at radius 1 is 1.43 bits per heavy atom. The largest absolute Gasteiger partial charge is 0.480 e. The molecule has 0 aromatic carbocycles. The monoisotopic (exact) mass is 315 g/mol. The van der Waals surface area contributed by atoms with Crippen LogP contribution in [0.4, 0.5) is 0 Å². The highest BCUT2D eigenvalue weighted by atomic mass is 32.2. The van der Waals surface area contributed by atoms with Gasteiger partial charge in [-0.15, -0.1) is 0 Å². The summed E-state index contributed by atoms with van der Waals surface area (Å²) in [4.78, 5) is 26.6. The van der Waals surface area contributed by atoms with Crippen molar-refractivity contribution in [1.29, 1.82) is 0 Å². The van der Waals surface area contributed by atoms with Gasteiger partial charge in [-0.3, -0.25) is 4.79 Å². The maximum atomic E-state index is 12.0. The second-order valence-corrected chi connectivity index (χ2v) is 6.43. The van der Waals surface area contributed by atoms with Crippen LogP contribution in [0, 0.1) is 5.92 Å². The van der Waals surface area contributed by atoms with Gasteiger partial charge in [-0.05, 0) is 24.5 Å². The Labute approximate surface area is 122 Å². The summed E-state index contributed by atoms with van der Waals surface area (Å²) in [6, 6.07) is 1.22. The molecular weight excluding hydrogens is 298 g/mol. The van der Waals surface area contributed by atoms with Crippen LogP contribution in [0.3, 0.4) is 0 Å². The average molecular weight is 315 g/mol. The van der Waals surface area contributed by atoms with E-state index in [4.69, 9.17) is 10.2 Å². The summed E-state index contributed by atoms with van der Waals surface area (Å²) in [6.07, 6.45) is 1.38. The predicted octanol–water partition coefficient (Wildman–Crippen LogP) is -0.0419. The van der Waals surface area contributed by atoms with E-state index in [1.54, 1.807) is 0 Å². The zero-order chi connectivity index (χ0) is 16.2. The summed E-state index contributed by atoms with van der Waals surface area (Å²) in [7, 11) is -4.03. The maximum Gasteiger partial charge on any atom is 0.326 e. The molecule has 0 fully saturated rings. The zero-order valence-corrected chi connectivity index (χ0v) is 12.4. The van der Waals surface area contributed by atoms with Gasteiger partial charge in [0.25, 0.3) is 15.9 Å². The topological polar surface area (TPSA) is 139 Å². The minimum Gasteiger partial charge on any atom is -0.480 e. The van der Waals surface area contributed by atoms with Gasteiger partial charge >= 0.3 is 5.97 Å². The molecule has 1 aromatic rings. The summed E-state index contributed by atoms with van der Waals surface area (Å²) in [5.74, 6) is -1.78. The molecule has 116 valence electrons. The van der Waals surface area contributed by atoms with E-state index >= 15 is 0 Å². The van der Waals surface area contributed by atoms with E-state index < -0.39 is 33.0 Å². The fraction of sp³-hybridized carbons (Fsp3) is 0.417. The lowest BCUT2D eigenvalue weighted by molar-refractivity contribution is -0.139. The van der Waals surface area contributed by atoms with Gasteiger partial charge in [0.1, 0.15) is 6.04 Å². The molecule has 0 aliphatic rings. The number of nitrogens with one attached hydrogen (secondary N) is 1. The van der Waals surface area contributed by atoms with E-state index in [0.717, 1.165) is 12.3 Å². The maximum absolute atomic E-state index is 12.0. The molecule has 21 heavy (non-hydrogen) atoms. The van der Waals surface area contributed by atoms with Crippen LogP contribution < -0.4 is 10.5 Å². The molecule has 4 N–H and O–H groups in total. The van der Waals surface area contributed by atoms with Crippen molar-refractivity contribution in [2.24, 2.45) is 11.1 Å². The van der Waals surface area contributed by atoms with Crippen molar-refractivity contribution in [3.63, 3.8) is 0 Å². The molecule has 1 aromatic heterocycles. The van der Waals surface area contributed by atoms with Crippen LogP contribution in [0.25, 0.3) is 0 Å². The molecule has 1 amide bonds. The van der Waals surface area contributed by atoms with Gasteiger partial charge in [-0.2, -0.15) is 0 Å². The number of carbonyl (C=O) groups excluding carboxylic acids is 1. The highest BCUT2D eigenvalue weighted by Gasteiger charge is 2.22. The minimum absolute atomic E-state index is 0.0240. The second-order valence-electron chi connectivity index (χ2n) is 4.92. The van der Waals surface area contributed by atoms with Gasteiger partial charge < -0.3 is 10.4 Å². The number of carboxylic acids is 1. The smallest absolute Gasteiger partial charge is 0.326 e. The number of pyridine rings is 1. The van der Waals surface area contributed by atoms with Gasteiger partial charge in [0, 0.05) is 11.8 Å². The normalized spacial score (nSPS) is 13.0. The molecule has 1 heterocycles. The Morgan fingerprint density at radius 3 is 2.52 bits per heavy atom. The van der Waals surface area contributed by atoms with Gasteiger partial charge in [0.05, 0.1) is 0 Å². The standard InChI is InChI=1S/C12H17N3O5S/c1-7(2)5-9(12(17)18)15-11(16)8-3-4-14-10(6-8)21(13,19)20/h3-4,6-7,9H,5H2,1-2H3,(H,15,16)(H,17,18)(H2,13,19,20). The lowest BCUT2D eigenvalue weighted by atomic mass is 10.0. The molecule has 0 radical (unpaired) electrons. The van der Waals surface area contributed by atoms with E-state index in [1.165, 1.54) is 6.07 Å². The van der Waals surface area contributed by atoms with Gasteiger partial charge in [-0.1, -0.05) is 13.8 Å². The van der Waals surface area contributed by atoms with E-state index in [2.05, 4.69) is 10.3 Å². The van der Waals surface area contributed by atoms with Crippen molar-refractivity contribution in [2.75, 3.05) is 0 Å². The van der Waals surface area contributed by atoms with Crippen LogP contribution in [-0.4, -0.2) is 36.4 Å². The van der Waals surface area contributed by atoms with Gasteiger partial charge in [-0.25, -0.2) is 23.3 Å². The van der Waals surface area contributed by atoms with Crippen molar-refractivity contribution >= 4 is 21.9 Å². The van der Waals surface area contributed by atoms with E-state index in [-0.39, 0.29) is 17.9 Å². The number of rotatable bonds is 6. The summed E-state index contributed by atoms with van der Waals surface area (Å²) in [5, 5.41) is 15.9. The number of amides is 1. The lowest BCUT2D eigenvalue weighted by Gasteiger charge is -2.16. The number of nitrogens with zero attached hydrogens (tertiary/aromatic N) is 1. The Kier molecular flexibility index (Phi) is 5.39. The van der Waals surface area contributed by atoms with Crippen LogP contribution >= 0.6 is 0 Å². The van der Waals surface area contributed by atoms with Crippen LogP contribution in [-0.2, 0) is 14.8 Å². The fourth-order valence-electron chi connectivity index (χ4n) is 1.64. The summed E-state index contributed by atoms with van der Waals surface area (Å²) in [5.41, 5.74) is -0.0240. The van der Waals surface area contributed by atoms with Crippen LogP contribution in [0.1, 0.15) is 30.6 Å². The van der Waals surface area contributed by atoms with E-state index in [0.29, 0.717) is 0 Å². The highest BCUT2D eigenvalue weighted by molar-refractivity contribution is 7.89. The molecule has 9 heteroatoms. The van der Waals surface area contributed by atoms with Crippen LogP contribution in [0.5, 0.6) is 0 Å². The van der Waals surface area contributed by atoms with Gasteiger partial charge in [0.15, 0.2) is 5.03 Å². The number of carboxylic acid groups (broad SMARTS) is 1. The fourth-order valence-corrected chi connectivity index (χ4v) is 2.14. The zero-order valence-electron chi connectivity index (χ0n) is 11.6. The summed E-state index contributed by atoms with van der Waals surface area (Å²) >= 11 is 0. The first-order valence-corrected chi connectivity index (χ1v) is 7.68. The number of sulfonamides is 1. The lowest BCUT2D eigenvalue weighted by Crippen LogP contribution is -2.41. The summed E-state index contributed by atoms with van der Waals surface area (Å²) < 4.78 is 22.3. The molecule has 1 atom stereocenters. The molecule has 0 bridgehead atoms. The minimum atomic E-state index is -4.03. The van der Waals surface area contributed by atoms with Crippen molar-refractivity contribution in [2.45, 2.75) is 31.3 Å². The number of carbonyl (C=O) groups is 2. The number of primary sulfonamides is 1. The molecular formula is C12H17N3O5S. The first kappa shape index (κ1) is 17.1. The Morgan fingerprint density at radius 2 is 2.05 bits per heavy atom. The highest BCUT2D eigenvalue weighted by Crippen LogP contribution is 2.09.